The van der Waals surface area contributed by atoms with Crippen molar-refractivity contribution in [2.45, 2.75) is 39.5 Å². The number of aryl methyl sites for hydroxylation is 2. The fourth-order valence-corrected chi connectivity index (χ4v) is 4.47. The molecule has 7 nitrogen and oxygen atoms in total. The summed E-state index contributed by atoms with van der Waals surface area (Å²) in [4.78, 5) is 25.2. The summed E-state index contributed by atoms with van der Waals surface area (Å²) < 4.78 is 5.22. The topological polar surface area (TPSA) is 89.4 Å². The summed E-state index contributed by atoms with van der Waals surface area (Å²) in [6.07, 6.45) is 1.32. The summed E-state index contributed by atoms with van der Waals surface area (Å²) in [7, 11) is 1.99. The molecule has 7 heteroatoms. The average Bonchev–Trinajstić information content (AvgIpc) is 3.21. The van der Waals surface area contributed by atoms with Crippen LogP contribution < -0.4 is 5.69 Å². The van der Waals surface area contributed by atoms with Gasteiger partial charge in [-0.05, 0) is 42.7 Å². The van der Waals surface area contributed by atoms with Gasteiger partial charge >= 0.3 is 11.7 Å². The Morgan fingerprint density at radius 1 is 1.03 bits per heavy atom. The summed E-state index contributed by atoms with van der Waals surface area (Å²) in [5.74, 6) is -2.16. The van der Waals surface area contributed by atoms with Crippen LogP contribution in [0.5, 0.6) is 0 Å². The van der Waals surface area contributed by atoms with Crippen molar-refractivity contribution in [2.24, 2.45) is 13.0 Å². The molecule has 162 valence electrons. The van der Waals surface area contributed by atoms with Crippen LogP contribution in [0.3, 0.4) is 0 Å². The highest BCUT2D eigenvalue weighted by Gasteiger charge is 2.28. The van der Waals surface area contributed by atoms with Gasteiger partial charge in [-0.1, -0.05) is 31.2 Å². The van der Waals surface area contributed by atoms with Crippen LogP contribution in [0.4, 0.5) is 0 Å². The van der Waals surface area contributed by atoms with Crippen LogP contribution >= 0.6 is 0 Å². The largest absolute Gasteiger partial charge is 0.481 e. The normalized spacial score (nSPS) is 13.7. The van der Waals surface area contributed by atoms with E-state index in [1.165, 1.54) is 4.57 Å². The van der Waals surface area contributed by atoms with Gasteiger partial charge < -0.3 is 14.8 Å². The number of fused-ring (bicyclic) bond motifs is 2. The summed E-state index contributed by atoms with van der Waals surface area (Å²) in [5, 5.41) is 20.9. The predicted octanol–water partition coefficient (Wildman–Crippen LogP) is 3.12. The molecule has 4 rings (SSSR count). The van der Waals surface area contributed by atoms with E-state index >= 15 is 0 Å². The number of imidazole rings is 1. The Kier molecular flexibility index (Phi) is 5.45. The highest BCUT2D eigenvalue weighted by molar-refractivity contribution is 5.87. The summed E-state index contributed by atoms with van der Waals surface area (Å²) in [6, 6.07) is 13.5. The number of aliphatic hydroxyl groups excluding tert-OH is 1. The Morgan fingerprint density at radius 2 is 1.68 bits per heavy atom. The van der Waals surface area contributed by atoms with E-state index in [0.717, 1.165) is 27.5 Å². The molecule has 0 spiro atoms. The number of hydrogen-bond acceptors (Lipinski definition) is 3. The van der Waals surface area contributed by atoms with E-state index in [1.54, 1.807) is 11.5 Å². The van der Waals surface area contributed by atoms with Crippen LogP contribution in [0, 0.1) is 12.8 Å². The molecule has 0 aliphatic carbocycles. The molecule has 0 aliphatic rings. The summed E-state index contributed by atoms with van der Waals surface area (Å²) >= 11 is 0. The van der Waals surface area contributed by atoms with E-state index in [-0.39, 0.29) is 12.2 Å². The zero-order valence-electron chi connectivity index (χ0n) is 17.9. The molecule has 0 bridgehead atoms. The van der Waals surface area contributed by atoms with Gasteiger partial charge in [0, 0.05) is 30.7 Å². The fraction of sp³-hybridized carbons (Fsp3) is 0.333. The van der Waals surface area contributed by atoms with Gasteiger partial charge in [-0.15, -0.1) is 0 Å². The Morgan fingerprint density at radius 3 is 2.32 bits per heavy atom. The van der Waals surface area contributed by atoms with Crippen molar-refractivity contribution in [3.05, 3.63) is 70.3 Å². The number of carboxylic acids is 1. The Hall–Kier alpha value is -3.32. The second kappa shape index (κ2) is 8.07. The zero-order valence-corrected chi connectivity index (χ0v) is 17.9. The van der Waals surface area contributed by atoms with E-state index in [2.05, 4.69) is 23.6 Å². The van der Waals surface area contributed by atoms with Crippen LogP contribution in [0.1, 0.15) is 24.5 Å². The summed E-state index contributed by atoms with van der Waals surface area (Å²) in [6.45, 7) is 4.09. The highest BCUT2D eigenvalue weighted by Crippen LogP contribution is 2.26. The Labute approximate surface area is 179 Å². The van der Waals surface area contributed by atoms with Gasteiger partial charge in [0.05, 0.1) is 23.7 Å². The molecule has 0 radical (unpaired) electrons. The number of para-hydroxylation sites is 2. The molecule has 4 aromatic rings. The van der Waals surface area contributed by atoms with Crippen molar-refractivity contribution in [1.29, 1.82) is 0 Å². The molecule has 0 aliphatic heterocycles. The van der Waals surface area contributed by atoms with Crippen molar-refractivity contribution < 1.29 is 15.0 Å². The average molecular weight is 421 g/mol. The van der Waals surface area contributed by atoms with Crippen LogP contribution in [0.2, 0.25) is 0 Å². The maximum Gasteiger partial charge on any atom is 0.329 e. The number of aliphatic hydroxyl groups is 1. The number of benzene rings is 2. The molecule has 0 amide bonds. The minimum Gasteiger partial charge on any atom is -0.481 e. The van der Waals surface area contributed by atoms with E-state index in [9.17, 15) is 19.8 Å². The van der Waals surface area contributed by atoms with Crippen LogP contribution in [0.15, 0.2) is 53.5 Å². The number of carboxylic acid groups (broad SMARTS) is 1. The lowest BCUT2D eigenvalue weighted by Crippen LogP contribution is -2.35. The van der Waals surface area contributed by atoms with Crippen molar-refractivity contribution in [2.75, 3.05) is 0 Å². The SMILES string of the molecule is CCC(O)C(Cn1c(=O)n(Cc2cn(C)c3cccc(C)c23)c2ccccc21)C(=O)O. The second-order valence-electron chi connectivity index (χ2n) is 8.12. The quantitative estimate of drug-likeness (QED) is 0.480. The van der Waals surface area contributed by atoms with E-state index in [1.807, 2.05) is 43.6 Å². The summed E-state index contributed by atoms with van der Waals surface area (Å²) in [5.41, 5.74) is 4.41. The van der Waals surface area contributed by atoms with Crippen molar-refractivity contribution in [1.82, 2.24) is 13.7 Å². The number of rotatable bonds is 7. The molecule has 2 N–H and O–H groups in total. The van der Waals surface area contributed by atoms with Gasteiger partial charge in [-0.2, -0.15) is 0 Å². The van der Waals surface area contributed by atoms with Gasteiger partial charge in [0.1, 0.15) is 5.92 Å². The number of carbonyl (C=O) groups is 1. The Bertz CT molecular complexity index is 1330. The minimum absolute atomic E-state index is 0.0781. The molecule has 0 saturated heterocycles. The maximum absolute atomic E-state index is 13.4. The minimum atomic E-state index is -1.11. The predicted molar refractivity (Wildman–Crippen MR) is 120 cm³/mol. The zero-order chi connectivity index (χ0) is 22.3. The molecule has 31 heavy (non-hydrogen) atoms. The number of aliphatic carboxylic acids is 1. The highest BCUT2D eigenvalue weighted by atomic mass is 16.4. The number of nitrogens with zero attached hydrogens (tertiary/aromatic N) is 3. The molecular weight excluding hydrogens is 394 g/mol. The fourth-order valence-electron chi connectivity index (χ4n) is 4.47. The first kappa shape index (κ1) is 20.9. The lowest BCUT2D eigenvalue weighted by atomic mass is 10.0. The third-order valence-corrected chi connectivity index (χ3v) is 6.13. The molecule has 2 atom stereocenters. The van der Waals surface area contributed by atoms with E-state index in [0.29, 0.717) is 18.5 Å². The van der Waals surface area contributed by atoms with Crippen molar-refractivity contribution in [3.63, 3.8) is 0 Å². The van der Waals surface area contributed by atoms with Gasteiger partial charge in [0.2, 0.25) is 0 Å². The number of hydrogen-bond donors (Lipinski definition) is 2. The molecule has 2 unspecified atom stereocenters. The lowest BCUT2D eigenvalue weighted by Gasteiger charge is -2.18. The first-order valence-electron chi connectivity index (χ1n) is 10.5. The van der Waals surface area contributed by atoms with Gasteiger partial charge in [-0.25, -0.2) is 4.79 Å². The smallest absolute Gasteiger partial charge is 0.329 e. The third-order valence-electron chi connectivity index (χ3n) is 6.13. The second-order valence-corrected chi connectivity index (χ2v) is 8.12. The maximum atomic E-state index is 13.4. The molecule has 2 aromatic carbocycles. The van der Waals surface area contributed by atoms with E-state index in [4.69, 9.17) is 0 Å². The number of aromatic nitrogens is 3. The molecule has 2 aromatic heterocycles. The standard InChI is InChI=1S/C24H27N3O4/c1-4-21(28)17(23(29)30)14-27-19-10-6-5-9-18(19)26(24(27)31)13-16-12-25(3)20-11-7-8-15(2)22(16)20/h5-12,17,21,28H,4,13-14H2,1-3H3,(H,29,30). The van der Waals surface area contributed by atoms with Crippen molar-refractivity contribution in [3.8, 4) is 0 Å². The van der Waals surface area contributed by atoms with Crippen LogP contribution in [0.25, 0.3) is 21.9 Å². The molecular formula is C24H27N3O4. The first-order valence-corrected chi connectivity index (χ1v) is 10.5. The first-order chi connectivity index (χ1) is 14.8. The molecule has 0 fully saturated rings. The lowest BCUT2D eigenvalue weighted by molar-refractivity contribution is -0.146. The van der Waals surface area contributed by atoms with Crippen LogP contribution in [-0.4, -0.2) is 36.0 Å². The van der Waals surface area contributed by atoms with Gasteiger partial charge in [0.15, 0.2) is 0 Å². The molecule has 2 heterocycles. The van der Waals surface area contributed by atoms with Gasteiger partial charge in [0.25, 0.3) is 0 Å². The monoisotopic (exact) mass is 421 g/mol. The molecule has 0 saturated carbocycles. The Balaban J connectivity index is 1.85. The third kappa shape index (κ3) is 3.55. The van der Waals surface area contributed by atoms with Crippen molar-refractivity contribution >= 4 is 27.9 Å². The van der Waals surface area contributed by atoms with Gasteiger partial charge in [-0.3, -0.25) is 13.9 Å². The van der Waals surface area contributed by atoms with E-state index < -0.39 is 18.0 Å². The van der Waals surface area contributed by atoms with Crippen LogP contribution in [-0.2, 0) is 24.9 Å².